The van der Waals surface area contributed by atoms with Crippen LogP contribution in [0.15, 0.2) is 146 Å². The number of benzene rings is 5. The lowest BCUT2D eigenvalue weighted by Gasteiger charge is -2.31. The van der Waals surface area contributed by atoms with Crippen LogP contribution >= 0.6 is 0 Å². The van der Waals surface area contributed by atoms with Gasteiger partial charge in [-0.05, 0) is 97.6 Å². The third-order valence-corrected chi connectivity index (χ3v) is 14.5. The lowest BCUT2D eigenvalue weighted by Crippen LogP contribution is -2.56. The first-order valence-corrected chi connectivity index (χ1v) is 26.7. The van der Waals surface area contributed by atoms with Crippen molar-refractivity contribution in [2.75, 3.05) is 19.6 Å². The number of nitrogens with one attached hydrogen (secondary N) is 4. The van der Waals surface area contributed by atoms with Gasteiger partial charge in [-0.15, -0.1) is 0 Å². The summed E-state index contributed by atoms with van der Waals surface area (Å²) >= 11 is 0. The van der Waals surface area contributed by atoms with Gasteiger partial charge in [-0.25, -0.2) is 0 Å². The van der Waals surface area contributed by atoms with E-state index in [1.807, 2.05) is 97.1 Å². The molecule has 77 heavy (non-hydrogen) atoms. The maximum absolute atomic E-state index is 15.4. The van der Waals surface area contributed by atoms with Crippen molar-refractivity contribution < 1.29 is 43.0 Å². The maximum atomic E-state index is 15.4. The molecule has 2 saturated heterocycles. The molecular formula is C61H69N7O9. The average Bonchev–Trinajstić information content (AvgIpc) is 4.08. The van der Waals surface area contributed by atoms with Crippen molar-refractivity contribution in [2.24, 2.45) is 23.3 Å². The molecule has 16 nitrogen and oxygen atoms in total. The molecule has 2 fully saturated rings. The summed E-state index contributed by atoms with van der Waals surface area (Å²) in [6.07, 6.45) is 1.93. The van der Waals surface area contributed by atoms with Crippen molar-refractivity contribution in [1.82, 2.24) is 25.8 Å². The number of amides is 4. The van der Waals surface area contributed by atoms with Crippen LogP contribution in [0.2, 0.25) is 0 Å². The fourth-order valence-electron chi connectivity index (χ4n) is 10.3. The van der Waals surface area contributed by atoms with Crippen LogP contribution in [0.5, 0.6) is 5.75 Å². The summed E-state index contributed by atoms with van der Waals surface area (Å²) in [5.74, 6) is -5.38. The number of aromatic amines is 1. The Hall–Kier alpha value is -7.95. The van der Waals surface area contributed by atoms with Crippen molar-refractivity contribution >= 4 is 52.1 Å². The van der Waals surface area contributed by atoms with E-state index in [0.717, 1.165) is 22.0 Å². The maximum Gasteiger partial charge on any atom is 0.306 e. The number of esters is 1. The van der Waals surface area contributed by atoms with Crippen LogP contribution in [0.4, 0.5) is 0 Å². The predicted molar refractivity (Wildman–Crippen MR) is 292 cm³/mol. The molecule has 1 unspecified atom stereocenters. The second kappa shape index (κ2) is 27.2. The van der Waals surface area contributed by atoms with Gasteiger partial charge in [-0.2, -0.15) is 0 Å². The Morgan fingerprint density at radius 3 is 1.91 bits per heavy atom. The van der Waals surface area contributed by atoms with Gasteiger partial charge in [0.25, 0.3) is 0 Å². The molecule has 2 aliphatic rings. The number of rotatable bonds is 18. The second-order valence-electron chi connectivity index (χ2n) is 20.1. The number of para-hydroxylation sites is 1. The number of ketones is 2. The monoisotopic (exact) mass is 1040 g/mol. The topological polar surface area (TPSA) is 245 Å². The van der Waals surface area contributed by atoms with Crippen LogP contribution < -0.4 is 32.2 Å². The predicted octanol–water partition coefficient (Wildman–Crippen LogP) is 6.15. The van der Waals surface area contributed by atoms with Crippen molar-refractivity contribution in [2.45, 2.75) is 108 Å². The fourth-order valence-corrected chi connectivity index (χ4v) is 10.3. The minimum absolute atomic E-state index is 0.00599. The molecule has 0 aliphatic carbocycles. The van der Waals surface area contributed by atoms with E-state index < -0.39 is 83.3 Å². The first-order chi connectivity index (χ1) is 37.5. The number of nitrogens with two attached hydrogens (primary N) is 2. The molecule has 8 N–H and O–H groups in total. The standard InChI is InChI=1S/C61H69N7O9/c62-29-13-12-23-51-54(69)34-44(31-41-25-27-47(28-26-41)76-39-42-17-6-2-7-18-42)58(72)66-52(32-40-15-4-1-5-16-40)61(75)68-38-48(77-56(71)24-14-30-63)36-53(68)60(74)67-57(43-19-8-3-9-20-43)55(70)35-45(59(73)65-51)33-46-37-64-50-22-11-10-21-49(46)50/h1-11,15-22,25-28,37,44-45,48,51-53,57,64H,12-14,23-24,29-36,38-39,62-63H2,(H,65,73)(H,66,72)(H,67,74)/t44-,45?,48+,51+,52+,53+,57+/m1/s1. The molecule has 402 valence electrons. The molecule has 5 aromatic carbocycles. The van der Waals surface area contributed by atoms with E-state index in [-0.39, 0.29) is 64.5 Å². The van der Waals surface area contributed by atoms with Gasteiger partial charge in [0.1, 0.15) is 36.6 Å². The first kappa shape index (κ1) is 55.3. The largest absolute Gasteiger partial charge is 0.489 e. The van der Waals surface area contributed by atoms with E-state index in [2.05, 4.69) is 20.9 Å². The molecule has 2 aliphatic heterocycles. The Morgan fingerprint density at radius 1 is 0.597 bits per heavy atom. The molecule has 7 atom stereocenters. The Bertz CT molecular complexity index is 2950. The summed E-state index contributed by atoms with van der Waals surface area (Å²) < 4.78 is 11.9. The number of carbonyl (C=O) groups excluding carboxylic acids is 7. The number of hydrogen-bond acceptors (Lipinski definition) is 11. The molecule has 1 aromatic heterocycles. The van der Waals surface area contributed by atoms with Gasteiger partial charge in [-0.1, -0.05) is 121 Å². The molecule has 0 spiro atoms. The summed E-state index contributed by atoms with van der Waals surface area (Å²) in [5.41, 5.74) is 16.1. The summed E-state index contributed by atoms with van der Waals surface area (Å²) in [4.78, 5) is 108. The van der Waals surface area contributed by atoms with Gasteiger partial charge in [-0.3, -0.25) is 33.6 Å². The highest BCUT2D eigenvalue weighted by Crippen LogP contribution is 2.29. The van der Waals surface area contributed by atoms with Gasteiger partial charge < -0.3 is 46.8 Å². The van der Waals surface area contributed by atoms with Crippen molar-refractivity contribution in [3.63, 3.8) is 0 Å². The number of carbonyl (C=O) groups is 7. The third kappa shape index (κ3) is 15.1. The number of hydrogen-bond donors (Lipinski definition) is 6. The zero-order chi connectivity index (χ0) is 54.1. The van der Waals surface area contributed by atoms with E-state index >= 15 is 19.2 Å². The van der Waals surface area contributed by atoms with Crippen LogP contribution in [0.25, 0.3) is 10.9 Å². The summed E-state index contributed by atoms with van der Waals surface area (Å²) in [5, 5.41) is 9.85. The van der Waals surface area contributed by atoms with E-state index in [1.54, 1.807) is 48.7 Å². The highest BCUT2D eigenvalue weighted by atomic mass is 16.5. The van der Waals surface area contributed by atoms with Crippen LogP contribution in [-0.4, -0.2) is 94.9 Å². The van der Waals surface area contributed by atoms with E-state index in [9.17, 15) is 14.4 Å². The Morgan fingerprint density at radius 2 is 1.21 bits per heavy atom. The van der Waals surface area contributed by atoms with Gasteiger partial charge in [0.05, 0.1) is 12.6 Å². The molecule has 8 rings (SSSR count). The molecule has 16 heteroatoms. The van der Waals surface area contributed by atoms with E-state index in [1.165, 1.54) is 4.90 Å². The average molecular weight is 1040 g/mol. The number of H-pyrrole nitrogens is 1. The molecule has 0 bridgehead atoms. The number of ether oxygens (including phenoxy) is 2. The lowest BCUT2D eigenvalue weighted by molar-refractivity contribution is -0.149. The SMILES string of the molecule is NCCCC[C@@H]1NC(=O)C(Cc2c[nH]c3ccccc23)CC(=O)[C@H](c2ccccc2)NC(=O)[C@@H]2C[C@H](OC(=O)CCCN)CN2C(=O)[C@H](Cc2ccccc2)NC(=O)[C@H](Cc2ccc(OCc3ccccc3)cc2)CC1=O. The quantitative estimate of drug-likeness (QED) is 0.0421. The van der Waals surface area contributed by atoms with Gasteiger partial charge >= 0.3 is 5.97 Å². The van der Waals surface area contributed by atoms with Gasteiger partial charge in [0.2, 0.25) is 23.6 Å². The second-order valence-corrected chi connectivity index (χ2v) is 20.1. The molecule has 4 amide bonds. The highest BCUT2D eigenvalue weighted by molar-refractivity contribution is 5.99. The Labute approximate surface area is 449 Å². The van der Waals surface area contributed by atoms with Crippen LogP contribution in [0.1, 0.15) is 85.2 Å². The van der Waals surface area contributed by atoms with Crippen molar-refractivity contribution in [3.05, 3.63) is 174 Å². The van der Waals surface area contributed by atoms with Crippen LogP contribution in [0.3, 0.4) is 0 Å². The highest BCUT2D eigenvalue weighted by Gasteiger charge is 2.45. The molecular weight excluding hydrogens is 975 g/mol. The number of nitrogens with zero attached hydrogens (tertiary/aromatic N) is 1. The molecule has 3 heterocycles. The summed E-state index contributed by atoms with van der Waals surface area (Å²) in [6.45, 7) is 0.760. The minimum Gasteiger partial charge on any atom is -0.489 e. The third-order valence-electron chi connectivity index (χ3n) is 14.5. The molecule has 6 aromatic rings. The van der Waals surface area contributed by atoms with Crippen LogP contribution in [-0.2, 0) is 64.2 Å². The van der Waals surface area contributed by atoms with Gasteiger partial charge in [0.15, 0.2) is 11.6 Å². The molecule has 0 radical (unpaired) electrons. The Kier molecular flexibility index (Phi) is 19.5. The number of aromatic nitrogens is 1. The fraction of sp³-hybridized carbons (Fsp3) is 0.361. The number of unbranched alkanes of at least 4 members (excludes halogenated alkanes) is 1. The summed E-state index contributed by atoms with van der Waals surface area (Å²) in [6, 6.07) is 37.4. The van der Waals surface area contributed by atoms with Crippen molar-refractivity contribution in [1.29, 1.82) is 0 Å². The number of fused-ring (bicyclic) bond motifs is 2. The zero-order valence-electron chi connectivity index (χ0n) is 43.3. The number of Topliss-reactive ketones (excluding diaryl/α,β-unsaturated/α-hetero) is 2. The van der Waals surface area contributed by atoms with Crippen LogP contribution in [0, 0.1) is 11.8 Å². The Balaban J connectivity index is 1.19. The lowest BCUT2D eigenvalue weighted by atomic mass is 9.87. The summed E-state index contributed by atoms with van der Waals surface area (Å²) in [7, 11) is 0. The van der Waals surface area contributed by atoms with E-state index in [4.69, 9.17) is 20.9 Å². The smallest absolute Gasteiger partial charge is 0.306 e. The zero-order valence-corrected chi connectivity index (χ0v) is 43.3. The van der Waals surface area contributed by atoms with Crippen molar-refractivity contribution in [3.8, 4) is 5.75 Å². The normalized spacial score (nSPS) is 21.8. The van der Waals surface area contributed by atoms with Gasteiger partial charge in [0, 0.05) is 61.0 Å². The molecule has 0 saturated carbocycles. The van der Waals surface area contributed by atoms with E-state index in [0.29, 0.717) is 54.9 Å². The minimum atomic E-state index is -1.28. The first-order valence-electron chi connectivity index (χ1n) is 26.7.